The minimum Gasteiger partial charge on any atom is -0.340 e. The Morgan fingerprint density at radius 1 is 1.05 bits per heavy atom. The number of benzene rings is 1. The van der Waals surface area contributed by atoms with Gasteiger partial charge in [-0.05, 0) is 33.3 Å². The van der Waals surface area contributed by atoms with Crippen LogP contribution in [0.15, 0.2) is 24.3 Å². The van der Waals surface area contributed by atoms with E-state index < -0.39 is 0 Å². The van der Waals surface area contributed by atoms with Crippen LogP contribution < -0.4 is 0 Å². The zero-order valence-electron chi connectivity index (χ0n) is 13.1. The number of hydrogen-bond acceptors (Lipinski definition) is 2. The van der Waals surface area contributed by atoms with Crippen LogP contribution in [0.25, 0.3) is 0 Å². The number of piperazine rings is 1. The van der Waals surface area contributed by atoms with E-state index in [1.54, 1.807) is 0 Å². The van der Waals surface area contributed by atoms with Crippen LogP contribution in [0.1, 0.15) is 31.9 Å². The summed E-state index contributed by atoms with van der Waals surface area (Å²) >= 11 is 0. The van der Waals surface area contributed by atoms with Gasteiger partial charge in [0.25, 0.3) is 0 Å². The van der Waals surface area contributed by atoms with E-state index in [1.165, 1.54) is 5.56 Å². The van der Waals surface area contributed by atoms with Crippen molar-refractivity contribution < 1.29 is 4.79 Å². The smallest absolute Gasteiger partial charge is 0.227 e. The minimum absolute atomic E-state index is 0.200. The molecule has 110 valence electrons. The minimum atomic E-state index is 0.200. The number of carbonyl (C=O) groups excluding carboxylic acids is 1. The van der Waals surface area contributed by atoms with Gasteiger partial charge < -0.3 is 4.90 Å². The lowest BCUT2D eigenvalue weighted by Crippen LogP contribution is -2.54. The van der Waals surface area contributed by atoms with Crippen molar-refractivity contribution in [3.63, 3.8) is 0 Å². The van der Waals surface area contributed by atoms with Crippen LogP contribution in [0.2, 0.25) is 0 Å². The molecule has 0 unspecified atom stereocenters. The summed E-state index contributed by atoms with van der Waals surface area (Å²) in [4.78, 5) is 16.8. The van der Waals surface area contributed by atoms with Crippen LogP contribution in [0.3, 0.4) is 0 Å². The highest BCUT2D eigenvalue weighted by atomic mass is 16.2. The third kappa shape index (κ3) is 3.83. The highest BCUT2D eigenvalue weighted by molar-refractivity contribution is 5.78. The Morgan fingerprint density at radius 3 is 2.10 bits per heavy atom. The van der Waals surface area contributed by atoms with Crippen molar-refractivity contribution >= 4 is 5.91 Å². The Balaban J connectivity index is 1.87. The van der Waals surface area contributed by atoms with E-state index in [4.69, 9.17) is 0 Å². The first-order chi connectivity index (χ1) is 9.36. The molecule has 0 aliphatic carbocycles. The fraction of sp³-hybridized carbons (Fsp3) is 0.588. The Morgan fingerprint density at radius 2 is 1.60 bits per heavy atom. The average molecular weight is 274 g/mol. The number of hydrogen-bond donors (Lipinski definition) is 0. The van der Waals surface area contributed by atoms with Crippen LogP contribution in [-0.2, 0) is 11.2 Å². The highest BCUT2D eigenvalue weighted by Gasteiger charge is 2.27. The first kappa shape index (κ1) is 15.0. The number of rotatable bonds is 2. The standard InChI is InChI=1S/C17H26N2O/c1-14-5-7-15(8-6-14)13-16(20)18-9-11-19(12-10-18)17(2,3)4/h5-8H,9-13H2,1-4H3. The maximum absolute atomic E-state index is 12.3. The van der Waals surface area contributed by atoms with Crippen molar-refractivity contribution in [2.75, 3.05) is 26.2 Å². The Labute approximate surface area is 122 Å². The molecule has 0 spiro atoms. The Bertz CT molecular complexity index is 451. The van der Waals surface area contributed by atoms with Gasteiger partial charge in [-0.15, -0.1) is 0 Å². The lowest BCUT2D eigenvalue weighted by Gasteiger charge is -2.42. The molecule has 0 radical (unpaired) electrons. The summed E-state index contributed by atoms with van der Waals surface area (Å²) < 4.78 is 0. The van der Waals surface area contributed by atoms with Gasteiger partial charge in [-0.25, -0.2) is 0 Å². The number of nitrogens with zero attached hydrogens (tertiary/aromatic N) is 2. The molecule has 1 fully saturated rings. The summed E-state index contributed by atoms with van der Waals surface area (Å²) in [6, 6.07) is 8.25. The lowest BCUT2D eigenvalue weighted by atomic mass is 10.0. The molecule has 1 aliphatic rings. The first-order valence-electron chi connectivity index (χ1n) is 7.44. The number of amides is 1. The van der Waals surface area contributed by atoms with E-state index in [1.807, 2.05) is 4.90 Å². The molecule has 0 atom stereocenters. The molecule has 0 aromatic heterocycles. The van der Waals surface area contributed by atoms with E-state index in [-0.39, 0.29) is 11.4 Å². The molecule has 1 amide bonds. The topological polar surface area (TPSA) is 23.6 Å². The zero-order chi connectivity index (χ0) is 14.8. The van der Waals surface area contributed by atoms with Gasteiger partial charge in [0.15, 0.2) is 0 Å². The van der Waals surface area contributed by atoms with Gasteiger partial charge in [0, 0.05) is 31.7 Å². The molecule has 0 N–H and O–H groups in total. The van der Waals surface area contributed by atoms with E-state index >= 15 is 0 Å². The van der Waals surface area contributed by atoms with Gasteiger partial charge in [0.05, 0.1) is 6.42 Å². The maximum Gasteiger partial charge on any atom is 0.227 e. The highest BCUT2D eigenvalue weighted by Crippen LogP contribution is 2.16. The molecule has 1 heterocycles. The second-order valence-electron chi connectivity index (χ2n) is 6.70. The van der Waals surface area contributed by atoms with E-state index in [0.29, 0.717) is 6.42 Å². The van der Waals surface area contributed by atoms with Crippen LogP contribution >= 0.6 is 0 Å². The fourth-order valence-corrected chi connectivity index (χ4v) is 2.62. The zero-order valence-corrected chi connectivity index (χ0v) is 13.1. The summed E-state index contributed by atoms with van der Waals surface area (Å²) in [7, 11) is 0. The van der Waals surface area contributed by atoms with Crippen molar-refractivity contribution in [2.45, 2.75) is 39.7 Å². The molecule has 1 saturated heterocycles. The van der Waals surface area contributed by atoms with Crippen LogP contribution in [-0.4, -0.2) is 47.4 Å². The molecular weight excluding hydrogens is 248 g/mol. The molecule has 3 heteroatoms. The first-order valence-corrected chi connectivity index (χ1v) is 7.44. The quantitative estimate of drug-likeness (QED) is 0.827. The second-order valence-corrected chi connectivity index (χ2v) is 6.70. The van der Waals surface area contributed by atoms with E-state index in [0.717, 1.165) is 31.7 Å². The van der Waals surface area contributed by atoms with Crippen LogP contribution in [0, 0.1) is 6.92 Å². The van der Waals surface area contributed by atoms with Crippen molar-refractivity contribution in [1.82, 2.24) is 9.80 Å². The van der Waals surface area contributed by atoms with Crippen molar-refractivity contribution in [3.8, 4) is 0 Å². The van der Waals surface area contributed by atoms with Gasteiger partial charge in [0.2, 0.25) is 5.91 Å². The van der Waals surface area contributed by atoms with Crippen LogP contribution in [0.4, 0.5) is 0 Å². The molecular formula is C17H26N2O. The van der Waals surface area contributed by atoms with E-state index in [2.05, 4.69) is 56.9 Å². The molecule has 1 aromatic carbocycles. The van der Waals surface area contributed by atoms with Crippen LogP contribution in [0.5, 0.6) is 0 Å². The lowest BCUT2D eigenvalue weighted by molar-refractivity contribution is -0.133. The number of carbonyl (C=O) groups is 1. The molecule has 0 saturated carbocycles. The molecule has 1 aliphatic heterocycles. The predicted octanol–water partition coefficient (Wildman–Crippen LogP) is 2.48. The van der Waals surface area contributed by atoms with Gasteiger partial charge in [-0.3, -0.25) is 9.69 Å². The Hall–Kier alpha value is -1.35. The van der Waals surface area contributed by atoms with Crippen molar-refractivity contribution in [2.24, 2.45) is 0 Å². The summed E-state index contributed by atoms with van der Waals surface area (Å²) in [5.74, 6) is 0.252. The monoisotopic (exact) mass is 274 g/mol. The van der Waals surface area contributed by atoms with Gasteiger partial charge >= 0.3 is 0 Å². The summed E-state index contributed by atoms with van der Waals surface area (Å²) in [5, 5.41) is 0. The third-order valence-corrected chi connectivity index (χ3v) is 4.06. The van der Waals surface area contributed by atoms with Gasteiger partial charge in [-0.1, -0.05) is 29.8 Å². The van der Waals surface area contributed by atoms with Gasteiger partial charge in [-0.2, -0.15) is 0 Å². The number of aryl methyl sites for hydroxylation is 1. The molecule has 1 aromatic rings. The summed E-state index contributed by atoms with van der Waals surface area (Å²) in [6.45, 7) is 12.4. The maximum atomic E-state index is 12.3. The largest absolute Gasteiger partial charge is 0.340 e. The molecule has 2 rings (SSSR count). The van der Waals surface area contributed by atoms with E-state index in [9.17, 15) is 4.79 Å². The molecule has 20 heavy (non-hydrogen) atoms. The van der Waals surface area contributed by atoms with Crippen molar-refractivity contribution in [3.05, 3.63) is 35.4 Å². The Kier molecular flexibility index (Phi) is 4.48. The summed E-state index contributed by atoms with van der Waals surface area (Å²) in [6.07, 6.45) is 0.524. The predicted molar refractivity (Wildman–Crippen MR) is 82.8 cm³/mol. The third-order valence-electron chi connectivity index (χ3n) is 4.06. The van der Waals surface area contributed by atoms with Crippen molar-refractivity contribution in [1.29, 1.82) is 0 Å². The average Bonchev–Trinajstić information content (AvgIpc) is 2.40. The SMILES string of the molecule is Cc1ccc(CC(=O)N2CCN(C(C)(C)C)CC2)cc1. The normalized spacial score (nSPS) is 17.3. The summed E-state index contributed by atoms with van der Waals surface area (Å²) in [5.41, 5.74) is 2.55. The van der Waals surface area contributed by atoms with Gasteiger partial charge in [0.1, 0.15) is 0 Å². The molecule has 0 bridgehead atoms. The molecule has 3 nitrogen and oxygen atoms in total. The fourth-order valence-electron chi connectivity index (χ4n) is 2.62. The second kappa shape index (κ2) is 5.96.